The summed E-state index contributed by atoms with van der Waals surface area (Å²) in [5.74, 6) is -0.809. The number of nitrogens with one attached hydrogen (secondary N) is 1. The van der Waals surface area contributed by atoms with Crippen molar-refractivity contribution in [3.8, 4) is 0 Å². The molecule has 0 bridgehead atoms. The molecule has 2 heterocycles. The second kappa shape index (κ2) is 7.02. The quantitative estimate of drug-likeness (QED) is 0.522. The first-order valence-electron chi connectivity index (χ1n) is 10.0. The predicted octanol–water partition coefficient (Wildman–Crippen LogP) is 4.49. The molecule has 1 fully saturated rings. The minimum Gasteiger partial charge on any atom is -0.468 e. The van der Waals surface area contributed by atoms with Crippen LogP contribution in [0.4, 0.5) is 11.4 Å². The minimum atomic E-state index is -1.33. The van der Waals surface area contributed by atoms with Crippen molar-refractivity contribution in [2.75, 3.05) is 17.3 Å². The number of carbonyl (C=O) groups is 2. The van der Waals surface area contributed by atoms with E-state index < -0.39 is 17.4 Å². The maximum atomic E-state index is 13.5. The number of esters is 1. The molecule has 150 valence electrons. The maximum Gasteiger partial charge on any atom is 0.324 e. The molecule has 0 unspecified atom stereocenters. The number of amides is 1. The van der Waals surface area contributed by atoms with Crippen molar-refractivity contribution < 1.29 is 14.3 Å². The molecule has 5 heteroatoms. The Morgan fingerprint density at radius 3 is 2.30 bits per heavy atom. The van der Waals surface area contributed by atoms with Crippen LogP contribution in [0.1, 0.15) is 29.6 Å². The van der Waals surface area contributed by atoms with Gasteiger partial charge in [-0.05, 0) is 35.7 Å². The molecule has 30 heavy (non-hydrogen) atoms. The number of para-hydroxylation sites is 2. The van der Waals surface area contributed by atoms with Crippen molar-refractivity contribution in [2.24, 2.45) is 5.41 Å². The normalized spacial score (nSPS) is 24.6. The molecule has 5 nitrogen and oxygen atoms in total. The zero-order valence-electron chi connectivity index (χ0n) is 16.6. The van der Waals surface area contributed by atoms with Crippen LogP contribution in [0.3, 0.4) is 0 Å². The minimum absolute atomic E-state index is 0.158. The van der Waals surface area contributed by atoms with Crippen LogP contribution >= 0.6 is 0 Å². The summed E-state index contributed by atoms with van der Waals surface area (Å²) in [6.07, 6.45) is 0.337. The summed E-state index contributed by atoms with van der Waals surface area (Å²) in [5, 5.41) is 2.96. The van der Waals surface area contributed by atoms with Crippen molar-refractivity contribution in [1.29, 1.82) is 0 Å². The van der Waals surface area contributed by atoms with Gasteiger partial charge in [-0.1, -0.05) is 66.7 Å². The number of hydrogen-bond acceptors (Lipinski definition) is 4. The lowest BCUT2D eigenvalue weighted by Gasteiger charge is -2.41. The van der Waals surface area contributed by atoms with Crippen molar-refractivity contribution in [3.05, 3.63) is 96.1 Å². The Kier molecular flexibility index (Phi) is 4.31. The number of anilines is 2. The van der Waals surface area contributed by atoms with Crippen LogP contribution in [0.15, 0.2) is 84.9 Å². The second-order valence-electron chi connectivity index (χ2n) is 7.78. The van der Waals surface area contributed by atoms with Gasteiger partial charge in [0, 0.05) is 11.4 Å². The first-order valence-corrected chi connectivity index (χ1v) is 10.0. The van der Waals surface area contributed by atoms with Gasteiger partial charge >= 0.3 is 5.97 Å². The number of nitrogens with zero attached hydrogens (tertiary/aromatic N) is 1. The third kappa shape index (κ3) is 2.55. The van der Waals surface area contributed by atoms with Crippen LogP contribution in [0, 0.1) is 5.41 Å². The van der Waals surface area contributed by atoms with Crippen LogP contribution in [0.2, 0.25) is 0 Å². The summed E-state index contributed by atoms with van der Waals surface area (Å²) in [6, 6.07) is 27.1. The van der Waals surface area contributed by atoms with Crippen molar-refractivity contribution in [3.63, 3.8) is 0 Å². The van der Waals surface area contributed by atoms with E-state index >= 15 is 0 Å². The number of hydrogen-bond donors (Lipinski definition) is 1. The largest absolute Gasteiger partial charge is 0.468 e. The van der Waals surface area contributed by atoms with Crippen LogP contribution in [-0.4, -0.2) is 19.0 Å². The highest BCUT2D eigenvalue weighted by atomic mass is 16.5. The monoisotopic (exact) mass is 398 g/mol. The number of fused-ring (bicyclic) bond motifs is 3. The lowest BCUT2D eigenvalue weighted by atomic mass is 9.72. The molecule has 5 rings (SSSR count). The van der Waals surface area contributed by atoms with Gasteiger partial charge < -0.3 is 15.0 Å². The molecular weight excluding hydrogens is 376 g/mol. The van der Waals surface area contributed by atoms with Crippen molar-refractivity contribution in [1.82, 2.24) is 0 Å². The molecule has 3 atom stereocenters. The van der Waals surface area contributed by atoms with Gasteiger partial charge in [-0.25, -0.2) is 0 Å². The van der Waals surface area contributed by atoms with E-state index in [0.717, 1.165) is 22.5 Å². The number of ether oxygens (including phenoxy) is 1. The van der Waals surface area contributed by atoms with E-state index in [4.69, 9.17) is 4.74 Å². The topological polar surface area (TPSA) is 58.6 Å². The van der Waals surface area contributed by atoms with Gasteiger partial charge in [0.15, 0.2) is 5.41 Å². The van der Waals surface area contributed by atoms with Crippen molar-refractivity contribution >= 4 is 23.3 Å². The van der Waals surface area contributed by atoms with Crippen LogP contribution < -0.4 is 10.2 Å². The third-order valence-corrected chi connectivity index (χ3v) is 6.29. The van der Waals surface area contributed by atoms with Crippen LogP contribution in [-0.2, 0) is 14.3 Å². The summed E-state index contributed by atoms with van der Waals surface area (Å²) in [4.78, 5) is 28.9. The first kappa shape index (κ1) is 18.4. The maximum absolute atomic E-state index is 13.5. The van der Waals surface area contributed by atoms with Crippen LogP contribution in [0.5, 0.6) is 0 Å². The van der Waals surface area contributed by atoms with E-state index in [1.165, 1.54) is 7.11 Å². The average Bonchev–Trinajstić information content (AvgIpc) is 3.18. The van der Waals surface area contributed by atoms with E-state index in [-0.39, 0.29) is 11.9 Å². The SMILES string of the molecule is COC(=O)[C@]12C[C@@H](c3ccccc3)N(c3ccccc3)[C@H]1c1ccccc1NC2=O. The van der Waals surface area contributed by atoms with E-state index in [1.807, 2.05) is 84.9 Å². The van der Waals surface area contributed by atoms with E-state index in [2.05, 4.69) is 10.2 Å². The van der Waals surface area contributed by atoms with Gasteiger partial charge in [0.2, 0.25) is 5.91 Å². The van der Waals surface area contributed by atoms with Crippen LogP contribution in [0.25, 0.3) is 0 Å². The molecular formula is C25H22N2O3. The molecule has 3 aromatic rings. The summed E-state index contributed by atoms with van der Waals surface area (Å²) in [6.45, 7) is 0. The average molecular weight is 398 g/mol. The van der Waals surface area contributed by atoms with Gasteiger partial charge in [0.05, 0.1) is 19.2 Å². The van der Waals surface area contributed by atoms with Gasteiger partial charge in [0.25, 0.3) is 0 Å². The Labute approximate surface area is 175 Å². The molecule has 0 radical (unpaired) electrons. The van der Waals surface area contributed by atoms with Gasteiger partial charge in [-0.2, -0.15) is 0 Å². The molecule has 3 aromatic carbocycles. The zero-order chi connectivity index (χ0) is 20.7. The summed E-state index contributed by atoms with van der Waals surface area (Å²) in [7, 11) is 1.35. The lowest BCUT2D eigenvalue weighted by molar-refractivity contribution is -0.158. The van der Waals surface area contributed by atoms with Gasteiger partial charge in [-0.3, -0.25) is 9.59 Å². The number of benzene rings is 3. The predicted molar refractivity (Wildman–Crippen MR) is 115 cm³/mol. The number of methoxy groups -OCH3 is 1. The molecule has 0 aliphatic carbocycles. The molecule has 2 aliphatic heterocycles. The molecule has 0 saturated carbocycles. The lowest BCUT2D eigenvalue weighted by Crippen LogP contribution is -2.51. The molecule has 0 aromatic heterocycles. The molecule has 0 spiro atoms. The van der Waals surface area contributed by atoms with E-state index in [1.54, 1.807) is 0 Å². The second-order valence-corrected chi connectivity index (χ2v) is 7.78. The molecule has 1 amide bonds. The highest BCUT2D eigenvalue weighted by Crippen LogP contribution is 2.60. The van der Waals surface area contributed by atoms with Gasteiger partial charge in [0.1, 0.15) is 0 Å². The summed E-state index contributed by atoms with van der Waals surface area (Å²) >= 11 is 0. The Bertz CT molecular complexity index is 1100. The van der Waals surface area contributed by atoms with Gasteiger partial charge in [-0.15, -0.1) is 0 Å². The van der Waals surface area contributed by atoms with E-state index in [9.17, 15) is 9.59 Å². The highest BCUT2D eigenvalue weighted by Gasteiger charge is 2.65. The van der Waals surface area contributed by atoms with Crippen molar-refractivity contribution in [2.45, 2.75) is 18.5 Å². The summed E-state index contributed by atoms with van der Waals surface area (Å²) < 4.78 is 5.22. The first-order chi connectivity index (χ1) is 14.7. The smallest absolute Gasteiger partial charge is 0.324 e. The Morgan fingerprint density at radius 1 is 0.967 bits per heavy atom. The molecule has 1 saturated heterocycles. The van der Waals surface area contributed by atoms with E-state index in [0.29, 0.717) is 6.42 Å². The Balaban J connectivity index is 1.79. The Hall–Kier alpha value is -3.60. The standard InChI is InChI=1S/C25H22N2O3/c1-30-24(29)25-16-21(17-10-4-2-5-11-17)27(18-12-6-3-7-13-18)22(25)19-14-8-9-15-20(19)26-23(25)28/h2-15,21-22H,16H2,1H3,(H,26,28)/t21-,22-,25+/m0/s1. The fourth-order valence-corrected chi connectivity index (χ4v) is 5.00. The Morgan fingerprint density at radius 2 is 1.60 bits per heavy atom. The zero-order valence-corrected chi connectivity index (χ0v) is 16.6. The highest BCUT2D eigenvalue weighted by molar-refractivity contribution is 6.13. The fraction of sp³-hybridized carbons (Fsp3) is 0.200. The number of carbonyl (C=O) groups excluding carboxylic acids is 2. The fourth-order valence-electron chi connectivity index (χ4n) is 5.00. The molecule has 2 aliphatic rings. The third-order valence-electron chi connectivity index (χ3n) is 6.29. The molecule has 1 N–H and O–H groups in total. The number of rotatable bonds is 3. The summed E-state index contributed by atoms with van der Waals surface area (Å²) in [5.41, 5.74) is 2.35.